The van der Waals surface area contributed by atoms with E-state index in [0.717, 1.165) is 10.9 Å². The molecule has 1 amide bonds. The molecule has 1 aromatic heterocycles. The first-order chi connectivity index (χ1) is 12.1. The molecule has 1 atom stereocenters. The number of amides is 1. The van der Waals surface area contributed by atoms with Gasteiger partial charge in [0, 0.05) is 18.1 Å². The molecule has 0 fully saturated rings. The van der Waals surface area contributed by atoms with Gasteiger partial charge in [0.1, 0.15) is 18.5 Å². The lowest BCUT2D eigenvalue weighted by Gasteiger charge is -2.14. The molecule has 0 aliphatic carbocycles. The Kier molecular flexibility index (Phi) is 5.26. The van der Waals surface area contributed by atoms with Crippen LogP contribution in [0.3, 0.4) is 0 Å². The van der Waals surface area contributed by atoms with E-state index in [4.69, 9.17) is 4.74 Å². The van der Waals surface area contributed by atoms with Crippen LogP contribution >= 0.6 is 0 Å². The summed E-state index contributed by atoms with van der Waals surface area (Å²) in [7, 11) is 0. The lowest BCUT2D eigenvalue weighted by molar-refractivity contribution is 0.0845. The molecule has 3 rings (SSSR count). The number of ether oxygens (including phenoxy) is 1. The lowest BCUT2D eigenvalue weighted by Crippen LogP contribution is -2.35. The van der Waals surface area contributed by atoms with Crippen molar-refractivity contribution in [1.29, 1.82) is 0 Å². The van der Waals surface area contributed by atoms with Crippen LogP contribution in [0.2, 0.25) is 0 Å². The number of fused-ring (bicyclic) bond motifs is 1. The number of nitrogens with one attached hydrogen (secondary N) is 1. The Bertz CT molecular complexity index is 874. The van der Waals surface area contributed by atoms with Gasteiger partial charge < -0.3 is 15.2 Å². The van der Waals surface area contributed by atoms with Crippen molar-refractivity contribution >= 4 is 16.8 Å². The number of aliphatic hydroxyl groups excluding tert-OH is 1. The third kappa shape index (κ3) is 4.33. The number of pyridine rings is 1. The normalized spacial score (nSPS) is 11.9. The average molecular weight is 336 g/mol. The summed E-state index contributed by atoms with van der Waals surface area (Å²) in [5.74, 6) is 0.433. The molecule has 2 aromatic carbocycles. The molecule has 128 valence electrons. The number of para-hydroxylation sites is 1. The van der Waals surface area contributed by atoms with Crippen LogP contribution in [0.15, 0.2) is 60.8 Å². The molecular weight excluding hydrogens is 316 g/mol. The van der Waals surface area contributed by atoms with Crippen LogP contribution in [0.1, 0.15) is 15.9 Å². The molecular formula is C20H20N2O3. The monoisotopic (exact) mass is 336 g/mol. The number of rotatable bonds is 6. The summed E-state index contributed by atoms with van der Waals surface area (Å²) < 4.78 is 5.54. The minimum atomic E-state index is -0.799. The van der Waals surface area contributed by atoms with E-state index in [9.17, 15) is 9.90 Å². The first-order valence-electron chi connectivity index (χ1n) is 8.13. The van der Waals surface area contributed by atoms with Crippen molar-refractivity contribution in [2.75, 3.05) is 13.2 Å². The molecule has 3 aromatic rings. The van der Waals surface area contributed by atoms with Crippen molar-refractivity contribution in [2.45, 2.75) is 13.0 Å². The minimum Gasteiger partial charge on any atom is -0.491 e. The third-order valence-electron chi connectivity index (χ3n) is 3.81. The number of hydrogen-bond donors (Lipinski definition) is 2. The molecule has 25 heavy (non-hydrogen) atoms. The molecule has 0 bridgehead atoms. The Balaban J connectivity index is 1.56. The number of carbonyl (C=O) groups excluding carboxylic acids is 1. The van der Waals surface area contributed by atoms with E-state index in [2.05, 4.69) is 10.3 Å². The number of aliphatic hydroxyl groups is 1. The molecule has 5 nitrogen and oxygen atoms in total. The van der Waals surface area contributed by atoms with E-state index < -0.39 is 6.10 Å². The Morgan fingerprint density at radius 3 is 2.84 bits per heavy atom. The lowest BCUT2D eigenvalue weighted by atomic mass is 10.1. The summed E-state index contributed by atoms with van der Waals surface area (Å²) in [4.78, 5) is 16.6. The Hall–Kier alpha value is -2.92. The van der Waals surface area contributed by atoms with Gasteiger partial charge in [-0.2, -0.15) is 0 Å². The van der Waals surface area contributed by atoms with E-state index >= 15 is 0 Å². The summed E-state index contributed by atoms with van der Waals surface area (Å²) in [6, 6.07) is 16.8. The first-order valence-corrected chi connectivity index (χ1v) is 8.13. The molecule has 0 saturated heterocycles. The molecule has 0 radical (unpaired) electrons. The van der Waals surface area contributed by atoms with E-state index in [1.165, 1.54) is 0 Å². The molecule has 0 aliphatic rings. The number of aryl methyl sites for hydroxylation is 1. The fraction of sp³-hybridized carbons (Fsp3) is 0.200. The van der Waals surface area contributed by atoms with Crippen LogP contribution in [-0.4, -0.2) is 35.3 Å². The summed E-state index contributed by atoms with van der Waals surface area (Å²) in [5.41, 5.74) is 2.22. The highest BCUT2D eigenvalue weighted by atomic mass is 16.5. The van der Waals surface area contributed by atoms with Crippen LogP contribution in [0, 0.1) is 6.92 Å². The first kappa shape index (κ1) is 16.9. The summed E-state index contributed by atoms with van der Waals surface area (Å²) in [6.07, 6.45) is 0.858. The molecule has 1 unspecified atom stereocenters. The van der Waals surface area contributed by atoms with Crippen LogP contribution in [0.4, 0.5) is 0 Å². The molecule has 1 heterocycles. The second-order valence-corrected chi connectivity index (χ2v) is 5.87. The van der Waals surface area contributed by atoms with Crippen LogP contribution in [-0.2, 0) is 0 Å². The Morgan fingerprint density at radius 1 is 1.20 bits per heavy atom. The second kappa shape index (κ2) is 7.77. The van der Waals surface area contributed by atoms with Crippen molar-refractivity contribution in [3.8, 4) is 5.75 Å². The van der Waals surface area contributed by atoms with Gasteiger partial charge in [0.2, 0.25) is 0 Å². The summed E-state index contributed by atoms with van der Waals surface area (Å²) >= 11 is 0. The summed E-state index contributed by atoms with van der Waals surface area (Å²) in [6.45, 7) is 2.19. The van der Waals surface area contributed by atoms with E-state index in [0.29, 0.717) is 16.8 Å². The minimum absolute atomic E-state index is 0.105. The summed E-state index contributed by atoms with van der Waals surface area (Å²) in [5, 5.41) is 13.7. The van der Waals surface area contributed by atoms with E-state index in [1.807, 2.05) is 55.5 Å². The van der Waals surface area contributed by atoms with Crippen molar-refractivity contribution in [3.05, 3.63) is 71.9 Å². The van der Waals surface area contributed by atoms with Gasteiger partial charge in [-0.05, 0) is 36.8 Å². The molecule has 2 N–H and O–H groups in total. The Morgan fingerprint density at radius 2 is 2.00 bits per heavy atom. The van der Waals surface area contributed by atoms with Gasteiger partial charge in [-0.25, -0.2) is 0 Å². The number of aromatic nitrogens is 1. The highest BCUT2D eigenvalue weighted by molar-refractivity contribution is 6.05. The zero-order valence-corrected chi connectivity index (χ0v) is 14.0. The predicted octanol–water partition coefficient (Wildman–Crippen LogP) is 2.71. The number of benzene rings is 2. The Labute approximate surface area is 146 Å². The molecule has 0 spiro atoms. The number of nitrogens with zero attached hydrogens (tertiary/aromatic N) is 1. The van der Waals surface area contributed by atoms with E-state index in [1.54, 1.807) is 12.3 Å². The van der Waals surface area contributed by atoms with Crippen LogP contribution in [0.5, 0.6) is 5.75 Å². The van der Waals surface area contributed by atoms with Crippen LogP contribution in [0.25, 0.3) is 10.9 Å². The van der Waals surface area contributed by atoms with Crippen molar-refractivity contribution in [2.24, 2.45) is 0 Å². The quantitative estimate of drug-likeness (QED) is 0.726. The number of hydrogen-bond acceptors (Lipinski definition) is 4. The zero-order valence-electron chi connectivity index (χ0n) is 14.0. The largest absolute Gasteiger partial charge is 0.491 e. The maximum atomic E-state index is 12.4. The maximum absolute atomic E-state index is 12.4. The predicted molar refractivity (Wildman–Crippen MR) is 96.8 cm³/mol. The maximum Gasteiger partial charge on any atom is 0.253 e. The SMILES string of the molecule is Cc1cccc(OCC(O)CNC(=O)c2cccc3cccnc23)c1. The fourth-order valence-electron chi connectivity index (χ4n) is 2.55. The van der Waals surface area contributed by atoms with Crippen molar-refractivity contribution in [3.63, 3.8) is 0 Å². The van der Waals surface area contributed by atoms with Gasteiger partial charge >= 0.3 is 0 Å². The highest BCUT2D eigenvalue weighted by Gasteiger charge is 2.13. The molecule has 5 heteroatoms. The fourth-order valence-corrected chi connectivity index (χ4v) is 2.55. The van der Waals surface area contributed by atoms with Gasteiger partial charge in [-0.3, -0.25) is 9.78 Å². The van der Waals surface area contributed by atoms with Gasteiger partial charge in [0.15, 0.2) is 0 Å². The van der Waals surface area contributed by atoms with Gasteiger partial charge in [0.25, 0.3) is 5.91 Å². The smallest absolute Gasteiger partial charge is 0.253 e. The van der Waals surface area contributed by atoms with Gasteiger partial charge in [-0.1, -0.05) is 30.3 Å². The topological polar surface area (TPSA) is 71.5 Å². The van der Waals surface area contributed by atoms with Crippen molar-refractivity contribution < 1.29 is 14.6 Å². The average Bonchev–Trinajstić information content (AvgIpc) is 2.64. The number of carbonyl (C=O) groups is 1. The zero-order chi connectivity index (χ0) is 17.6. The van der Waals surface area contributed by atoms with Crippen molar-refractivity contribution in [1.82, 2.24) is 10.3 Å². The highest BCUT2D eigenvalue weighted by Crippen LogP contribution is 2.16. The standard InChI is InChI=1S/C20H20N2O3/c1-14-5-2-8-17(11-14)25-13-16(23)12-22-20(24)18-9-3-6-15-7-4-10-21-19(15)18/h2-11,16,23H,12-13H2,1H3,(H,22,24). The van der Waals surface area contributed by atoms with E-state index in [-0.39, 0.29) is 19.1 Å². The molecule has 0 saturated carbocycles. The van der Waals surface area contributed by atoms with Gasteiger partial charge in [-0.15, -0.1) is 0 Å². The second-order valence-electron chi connectivity index (χ2n) is 5.87. The molecule has 0 aliphatic heterocycles. The third-order valence-corrected chi connectivity index (χ3v) is 3.81. The van der Waals surface area contributed by atoms with Gasteiger partial charge in [0.05, 0.1) is 11.1 Å². The van der Waals surface area contributed by atoms with Crippen LogP contribution < -0.4 is 10.1 Å².